The van der Waals surface area contributed by atoms with Gasteiger partial charge in [-0.05, 0) is 38.1 Å². The molecule has 2 aliphatic heterocycles. The highest BCUT2D eigenvalue weighted by molar-refractivity contribution is 5.81. The maximum Gasteiger partial charge on any atom is 0.227 e. The van der Waals surface area contributed by atoms with E-state index in [2.05, 4.69) is 4.90 Å². The summed E-state index contributed by atoms with van der Waals surface area (Å²) in [5, 5.41) is 9.50. The Hall–Kier alpha value is -0.610. The summed E-state index contributed by atoms with van der Waals surface area (Å²) >= 11 is 0. The molecule has 0 radical (unpaired) electrons. The summed E-state index contributed by atoms with van der Waals surface area (Å²) in [6.45, 7) is 10.3. The molecule has 2 rings (SSSR count). The van der Waals surface area contributed by atoms with Crippen LogP contribution in [0.1, 0.15) is 52.9 Å². The number of aliphatic hydroxyl groups excluding tert-OH is 1. The second-order valence-electron chi connectivity index (χ2n) is 7.81. The van der Waals surface area contributed by atoms with E-state index in [4.69, 9.17) is 0 Å². The van der Waals surface area contributed by atoms with E-state index in [0.29, 0.717) is 18.6 Å². The summed E-state index contributed by atoms with van der Waals surface area (Å²) in [5.41, 5.74) is -0.262. The average molecular weight is 296 g/mol. The molecule has 0 aromatic carbocycles. The quantitative estimate of drug-likeness (QED) is 0.867. The summed E-state index contributed by atoms with van der Waals surface area (Å²) in [7, 11) is 0. The molecule has 2 saturated heterocycles. The molecule has 0 unspecified atom stereocenters. The molecule has 4 heteroatoms. The lowest BCUT2D eigenvalue weighted by molar-refractivity contribution is -0.141. The van der Waals surface area contributed by atoms with Gasteiger partial charge in [0.1, 0.15) is 0 Å². The standard InChI is InChI=1S/C17H32N2O2/c1-17(2,3)16(21)18-10-7-14(8-11-18)12-19-9-5-4-6-15(19)13-20/h14-15,20H,4-13H2,1-3H3/t15-/m0/s1. The van der Waals surface area contributed by atoms with Crippen LogP contribution in [0, 0.1) is 11.3 Å². The highest BCUT2D eigenvalue weighted by Crippen LogP contribution is 2.26. The van der Waals surface area contributed by atoms with Gasteiger partial charge in [0.15, 0.2) is 0 Å². The molecule has 2 heterocycles. The normalized spacial score (nSPS) is 26.1. The second-order valence-corrected chi connectivity index (χ2v) is 7.81. The number of aliphatic hydroxyl groups is 1. The minimum atomic E-state index is -0.262. The van der Waals surface area contributed by atoms with Gasteiger partial charge in [0.05, 0.1) is 6.61 Å². The summed E-state index contributed by atoms with van der Waals surface area (Å²) in [6, 6.07) is 0.369. The molecule has 0 aliphatic carbocycles. The van der Waals surface area contributed by atoms with Gasteiger partial charge in [0.25, 0.3) is 0 Å². The first-order chi connectivity index (χ1) is 9.91. The van der Waals surface area contributed by atoms with Crippen molar-refractivity contribution in [3.8, 4) is 0 Å². The number of carbonyl (C=O) groups is 1. The average Bonchev–Trinajstić information content (AvgIpc) is 2.47. The number of carbonyl (C=O) groups excluding carboxylic acids is 1. The summed E-state index contributed by atoms with van der Waals surface area (Å²) < 4.78 is 0. The van der Waals surface area contributed by atoms with Gasteiger partial charge in [-0.3, -0.25) is 9.69 Å². The predicted octanol–water partition coefficient (Wildman–Crippen LogP) is 2.12. The molecule has 2 aliphatic rings. The molecule has 122 valence electrons. The van der Waals surface area contributed by atoms with Crippen molar-refractivity contribution in [1.29, 1.82) is 0 Å². The van der Waals surface area contributed by atoms with Crippen molar-refractivity contribution < 1.29 is 9.90 Å². The number of hydrogen-bond acceptors (Lipinski definition) is 3. The third-order valence-electron chi connectivity index (χ3n) is 5.00. The molecule has 2 fully saturated rings. The van der Waals surface area contributed by atoms with E-state index in [9.17, 15) is 9.90 Å². The predicted molar refractivity (Wildman–Crippen MR) is 85.1 cm³/mol. The zero-order chi connectivity index (χ0) is 15.5. The zero-order valence-corrected chi connectivity index (χ0v) is 14.0. The second kappa shape index (κ2) is 7.10. The first kappa shape index (κ1) is 16.8. The molecule has 1 N–H and O–H groups in total. The Balaban J connectivity index is 1.80. The minimum absolute atomic E-state index is 0.262. The minimum Gasteiger partial charge on any atom is -0.395 e. The van der Waals surface area contributed by atoms with Gasteiger partial charge >= 0.3 is 0 Å². The van der Waals surface area contributed by atoms with Crippen LogP contribution in [0.2, 0.25) is 0 Å². The fourth-order valence-electron chi connectivity index (χ4n) is 3.63. The Morgan fingerprint density at radius 3 is 2.33 bits per heavy atom. The van der Waals surface area contributed by atoms with Gasteiger partial charge in [-0.2, -0.15) is 0 Å². The first-order valence-corrected chi connectivity index (χ1v) is 8.56. The highest BCUT2D eigenvalue weighted by Gasteiger charge is 2.31. The number of piperidine rings is 2. The maximum atomic E-state index is 12.3. The van der Waals surface area contributed by atoms with Crippen LogP contribution in [0.25, 0.3) is 0 Å². The van der Waals surface area contributed by atoms with Gasteiger partial charge in [0, 0.05) is 31.1 Å². The Morgan fingerprint density at radius 1 is 1.10 bits per heavy atom. The van der Waals surface area contributed by atoms with Crippen LogP contribution in [0.15, 0.2) is 0 Å². The third-order valence-corrected chi connectivity index (χ3v) is 5.00. The van der Waals surface area contributed by atoms with E-state index < -0.39 is 0 Å². The summed E-state index contributed by atoms with van der Waals surface area (Å²) in [5.74, 6) is 0.966. The van der Waals surface area contributed by atoms with Crippen molar-refractivity contribution in [3.05, 3.63) is 0 Å². The molecule has 0 spiro atoms. The molecule has 0 saturated carbocycles. The molecule has 0 bridgehead atoms. The van der Waals surface area contributed by atoms with Crippen LogP contribution < -0.4 is 0 Å². The lowest BCUT2D eigenvalue weighted by Gasteiger charge is -2.40. The van der Waals surface area contributed by atoms with Crippen LogP contribution in [0.3, 0.4) is 0 Å². The van der Waals surface area contributed by atoms with E-state index in [-0.39, 0.29) is 11.3 Å². The molecule has 4 nitrogen and oxygen atoms in total. The van der Waals surface area contributed by atoms with Gasteiger partial charge in [0.2, 0.25) is 5.91 Å². The summed E-state index contributed by atoms with van der Waals surface area (Å²) in [4.78, 5) is 16.8. The SMILES string of the molecule is CC(C)(C)C(=O)N1CCC(CN2CCCC[C@H]2CO)CC1. The Bertz CT molecular complexity index is 343. The smallest absolute Gasteiger partial charge is 0.227 e. The Kier molecular flexibility index (Phi) is 5.67. The van der Waals surface area contributed by atoms with Crippen LogP contribution in [0.5, 0.6) is 0 Å². The number of amides is 1. The Labute approximate surface area is 129 Å². The Morgan fingerprint density at radius 2 is 1.76 bits per heavy atom. The maximum absolute atomic E-state index is 12.3. The van der Waals surface area contributed by atoms with Gasteiger partial charge in [-0.15, -0.1) is 0 Å². The third kappa shape index (κ3) is 4.43. The van der Waals surface area contributed by atoms with E-state index in [0.717, 1.165) is 45.4 Å². The van der Waals surface area contributed by atoms with Crippen LogP contribution in [-0.2, 0) is 4.79 Å². The number of nitrogens with zero attached hydrogens (tertiary/aromatic N) is 2. The first-order valence-electron chi connectivity index (χ1n) is 8.56. The van der Waals surface area contributed by atoms with Gasteiger partial charge < -0.3 is 10.0 Å². The van der Waals surface area contributed by atoms with Gasteiger partial charge in [-0.25, -0.2) is 0 Å². The number of hydrogen-bond donors (Lipinski definition) is 1. The largest absolute Gasteiger partial charge is 0.395 e. The van der Waals surface area contributed by atoms with Crippen molar-refractivity contribution >= 4 is 5.91 Å². The molecular formula is C17H32N2O2. The van der Waals surface area contributed by atoms with Crippen molar-refractivity contribution in [2.45, 2.75) is 58.9 Å². The topological polar surface area (TPSA) is 43.8 Å². The van der Waals surface area contributed by atoms with E-state index >= 15 is 0 Å². The van der Waals surface area contributed by atoms with Crippen molar-refractivity contribution in [2.24, 2.45) is 11.3 Å². The van der Waals surface area contributed by atoms with E-state index in [1.807, 2.05) is 25.7 Å². The molecule has 1 amide bonds. The zero-order valence-electron chi connectivity index (χ0n) is 14.0. The fraction of sp³-hybridized carbons (Fsp3) is 0.941. The van der Waals surface area contributed by atoms with Crippen LogP contribution in [-0.4, -0.2) is 59.6 Å². The molecular weight excluding hydrogens is 264 g/mol. The molecule has 21 heavy (non-hydrogen) atoms. The highest BCUT2D eigenvalue weighted by atomic mass is 16.3. The van der Waals surface area contributed by atoms with Crippen molar-refractivity contribution in [3.63, 3.8) is 0 Å². The number of likely N-dealkylation sites (tertiary alicyclic amines) is 2. The fourth-order valence-corrected chi connectivity index (χ4v) is 3.63. The molecule has 1 atom stereocenters. The van der Waals surface area contributed by atoms with Crippen molar-refractivity contribution in [2.75, 3.05) is 32.8 Å². The van der Waals surface area contributed by atoms with Crippen LogP contribution in [0.4, 0.5) is 0 Å². The van der Waals surface area contributed by atoms with Gasteiger partial charge in [-0.1, -0.05) is 27.2 Å². The lowest BCUT2D eigenvalue weighted by Crippen LogP contribution is -2.48. The van der Waals surface area contributed by atoms with Crippen molar-refractivity contribution in [1.82, 2.24) is 9.80 Å². The lowest BCUT2D eigenvalue weighted by atomic mass is 9.90. The molecule has 0 aromatic heterocycles. The molecule has 0 aromatic rings. The monoisotopic (exact) mass is 296 g/mol. The van der Waals surface area contributed by atoms with E-state index in [1.54, 1.807) is 0 Å². The number of rotatable bonds is 3. The van der Waals surface area contributed by atoms with E-state index in [1.165, 1.54) is 12.8 Å². The summed E-state index contributed by atoms with van der Waals surface area (Å²) in [6.07, 6.45) is 5.86. The van der Waals surface area contributed by atoms with Crippen LogP contribution >= 0.6 is 0 Å².